The standard InChI is InChI=1S/C11H11FN2/c1-7-3-4-9(10(12)5-7)11-13-6-8(2)14-11/h3-6H,1-2H3,(H,13,14). The summed E-state index contributed by atoms with van der Waals surface area (Å²) >= 11 is 0. The van der Waals surface area contributed by atoms with Crippen molar-refractivity contribution in [2.45, 2.75) is 13.8 Å². The highest BCUT2D eigenvalue weighted by Crippen LogP contribution is 2.20. The van der Waals surface area contributed by atoms with Crippen LogP contribution in [0.4, 0.5) is 4.39 Å². The molecule has 0 aliphatic heterocycles. The highest BCUT2D eigenvalue weighted by molar-refractivity contribution is 5.56. The van der Waals surface area contributed by atoms with Crippen LogP contribution in [0.15, 0.2) is 24.4 Å². The normalized spacial score (nSPS) is 10.5. The number of imidazole rings is 1. The van der Waals surface area contributed by atoms with Gasteiger partial charge in [-0.2, -0.15) is 0 Å². The minimum atomic E-state index is -0.237. The van der Waals surface area contributed by atoms with Crippen LogP contribution in [0.5, 0.6) is 0 Å². The zero-order valence-electron chi connectivity index (χ0n) is 8.13. The van der Waals surface area contributed by atoms with Gasteiger partial charge >= 0.3 is 0 Å². The Kier molecular flexibility index (Phi) is 2.08. The van der Waals surface area contributed by atoms with E-state index in [9.17, 15) is 4.39 Å². The van der Waals surface area contributed by atoms with Crippen molar-refractivity contribution in [3.8, 4) is 11.4 Å². The fraction of sp³-hybridized carbons (Fsp3) is 0.182. The maximum Gasteiger partial charge on any atom is 0.140 e. The number of rotatable bonds is 1. The van der Waals surface area contributed by atoms with E-state index in [0.717, 1.165) is 11.3 Å². The van der Waals surface area contributed by atoms with E-state index in [1.165, 1.54) is 6.07 Å². The van der Waals surface area contributed by atoms with Crippen molar-refractivity contribution in [2.75, 3.05) is 0 Å². The Bertz CT molecular complexity index is 460. The summed E-state index contributed by atoms with van der Waals surface area (Å²) in [5.74, 6) is 0.347. The Morgan fingerprint density at radius 2 is 2.07 bits per heavy atom. The van der Waals surface area contributed by atoms with Gasteiger partial charge in [-0.3, -0.25) is 0 Å². The Labute approximate surface area is 81.8 Å². The van der Waals surface area contributed by atoms with Crippen LogP contribution in [0.1, 0.15) is 11.3 Å². The summed E-state index contributed by atoms with van der Waals surface area (Å²) in [4.78, 5) is 7.08. The summed E-state index contributed by atoms with van der Waals surface area (Å²) in [5, 5.41) is 0. The molecule has 1 aromatic carbocycles. The van der Waals surface area contributed by atoms with Crippen LogP contribution in [0, 0.1) is 19.7 Å². The molecule has 0 saturated heterocycles. The van der Waals surface area contributed by atoms with Crippen molar-refractivity contribution in [3.05, 3.63) is 41.5 Å². The Hall–Kier alpha value is -1.64. The third-order valence-electron chi connectivity index (χ3n) is 2.08. The maximum absolute atomic E-state index is 13.5. The molecule has 1 heterocycles. The van der Waals surface area contributed by atoms with Crippen LogP contribution in [0.3, 0.4) is 0 Å². The van der Waals surface area contributed by atoms with Gasteiger partial charge in [-0.05, 0) is 31.5 Å². The number of hydrogen-bond donors (Lipinski definition) is 1. The second-order valence-corrected chi connectivity index (χ2v) is 3.40. The number of aryl methyl sites for hydroxylation is 2. The van der Waals surface area contributed by atoms with Gasteiger partial charge in [0.2, 0.25) is 0 Å². The molecule has 0 atom stereocenters. The van der Waals surface area contributed by atoms with Gasteiger partial charge in [0, 0.05) is 11.9 Å². The number of aromatic amines is 1. The molecule has 72 valence electrons. The lowest BCUT2D eigenvalue weighted by Crippen LogP contribution is -1.87. The third kappa shape index (κ3) is 1.53. The molecule has 0 amide bonds. The summed E-state index contributed by atoms with van der Waals surface area (Å²) < 4.78 is 13.5. The molecule has 3 heteroatoms. The van der Waals surface area contributed by atoms with E-state index >= 15 is 0 Å². The van der Waals surface area contributed by atoms with Crippen molar-refractivity contribution >= 4 is 0 Å². The molecule has 0 bridgehead atoms. The average molecular weight is 190 g/mol. The topological polar surface area (TPSA) is 28.7 Å². The lowest BCUT2D eigenvalue weighted by molar-refractivity contribution is 0.629. The van der Waals surface area contributed by atoms with E-state index in [1.54, 1.807) is 12.3 Å². The van der Waals surface area contributed by atoms with Crippen LogP contribution < -0.4 is 0 Å². The van der Waals surface area contributed by atoms with Gasteiger partial charge in [0.1, 0.15) is 11.6 Å². The van der Waals surface area contributed by atoms with Crippen molar-refractivity contribution in [1.29, 1.82) is 0 Å². The number of nitrogens with one attached hydrogen (secondary N) is 1. The minimum Gasteiger partial charge on any atom is -0.342 e. The van der Waals surface area contributed by atoms with E-state index in [1.807, 2.05) is 19.9 Å². The Morgan fingerprint density at radius 3 is 2.64 bits per heavy atom. The first kappa shape index (κ1) is 8.94. The second-order valence-electron chi connectivity index (χ2n) is 3.40. The van der Waals surface area contributed by atoms with E-state index in [0.29, 0.717) is 11.4 Å². The van der Waals surface area contributed by atoms with Crippen LogP contribution in [0.25, 0.3) is 11.4 Å². The number of H-pyrrole nitrogens is 1. The molecule has 2 nitrogen and oxygen atoms in total. The van der Waals surface area contributed by atoms with Gasteiger partial charge in [-0.25, -0.2) is 9.37 Å². The Balaban J connectivity index is 2.52. The summed E-state index contributed by atoms with van der Waals surface area (Å²) in [5.41, 5.74) is 2.36. The molecule has 2 rings (SSSR count). The lowest BCUT2D eigenvalue weighted by atomic mass is 10.1. The molecule has 0 aliphatic carbocycles. The fourth-order valence-electron chi connectivity index (χ4n) is 1.36. The molecule has 0 saturated carbocycles. The molecule has 0 unspecified atom stereocenters. The van der Waals surface area contributed by atoms with Crippen LogP contribution in [-0.4, -0.2) is 9.97 Å². The number of aromatic nitrogens is 2. The molecule has 0 aliphatic rings. The van der Waals surface area contributed by atoms with Gasteiger partial charge in [0.05, 0.1) is 5.56 Å². The zero-order valence-corrected chi connectivity index (χ0v) is 8.13. The van der Waals surface area contributed by atoms with Crippen molar-refractivity contribution in [3.63, 3.8) is 0 Å². The molecule has 2 aromatic rings. The minimum absolute atomic E-state index is 0.237. The van der Waals surface area contributed by atoms with E-state index in [-0.39, 0.29) is 5.82 Å². The van der Waals surface area contributed by atoms with Gasteiger partial charge in [-0.1, -0.05) is 6.07 Å². The quantitative estimate of drug-likeness (QED) is 0.736. The molecule has 1 N–H and O–H groups in total. The monoisotopic (exact) mass is 190 g/mol. The number of benzene rings is 1. The van der Waals surface area contributed by atoms with E-state index < -0.39 is 0 Å². The van der Waals surface area contributed by atoms with Gasteiger partial charge in [-0.15, -0.1) is 0 Å². The van der Waals surface area contributed by atoms with E-state index in [2.05, 4.69) is 9.97 Å². The predicted molar refractivity (Wildman–Crippen MR) is 53.5 cm³/mol. The zero-order chi connectivity index (χ0) is 10.1. The van der Waals surface area contributed by atoms with Crippen molar-refractivity contribution in [1.82, 2.24) is 9.97 Å². The van der Waals surface area contributed by atoms with Crippen molar-refractivity contribution in [2.24, 2.45) is 0 Å². The molecule has 0 fully saturated rings. The largest absolute Gasteiger partial charge is 0.342 e. The second kappa shape index (κ2) is 3.25. The van der Waals surface area contributed by atoms with Crippen LogP contribution in [-0.2, 0) is 0 Å². The number of halogens is 1. The molecular weight excluding hydrogens is 179 g/mol. The first-order chi connectivity index (χ1) is 6.66. The van der Waals surface area contributed by atoms with Gasteiger partial charge in [0.15, 0.2) is 0 Å². The molecule has 0 radical (unpaired) electrons. The summed E-state index contributed by atoms with van der Waals surface area (Å²) in [6, 6.07) is 5.12. The average Bonchev–Trinajstić information content (AvgIpc) is 2.51. The highest BCUT2D eigenvalue weighted by atomic mass is 19.1. The predicted octanol–water partition coefficient (Wildman–Crippen LogP) is 2.83. The molecule has 14 heavy (non-hydrogen) atoms. The summed E-state index contributed by atoms with van der Waals surface area (Å²) in [6.07, 6.45) is 1.69. The SMILES string of the molecule is Cc1ccc(-c2ncc(C)[nH]2)c(F)c1. The number of hydrogen-bond acceptors (Lipinski definition) is 1. The molecule has 1 aromatic heterocycles. The summed E-state index contributed by atoms with van der Waals surface area (Å²) in [7, 11) is 0. The number of nitrogens with zero attached hydrogens (tertiary/aromatic N) is 1. The van der Waals surface area contributed by atoms with Crippen LogP contribution in [0.2, 0.25) is 0 Å². The Morgan fingerprint density at radius 1 is 1.29 bits per heavy atom. The first-order valence-electron chi connectivity index (χ1n) is 4.45. The van der Waals surface area contributed by atoms with Gasteiger partial charge in [0.25, 0.3) is 0 Å². The molecule has 0 spiro atoms. The third-order valence-corrected chi connectivity index (χ3v) is 2.08. The lowest BCUT2D eigenvalue weighted by Gasteiger charge is -2.00. The smallest absolute Gasteiger partial charge is 0.140 e. The first-order valence-corrected chi connectivity index (χ1v) is 4.45. The summed E-state index contributed by atoms with van der Waals surface area (Å²) in [6.45, 7) is 3.75. The van der Waals surface area contributed by atoms with E-state index in [4.69, 9.17) is 0 Å². The van der Waals surface area contributed by atoms with Crippen molar-refractivity contribution < 1.29 is 4.39 Å². The van der Waals surface area contributed by atoms with Gasteiger partial charge < -0.3 is 4.98 Å². The highest BCUT2D eigenvalue weighted by Gasteiger charge is 2.07. The van der Waals surface area contributed by atoms with Crippen LogP contribution >= 0.6 is 0 Å². The fourth-order valence-corrected chi connectivity index (χ4v) is 1.36. The maximum atomic E-state index is 13.5. The molecular formula is C11H11FN2.